The Morgan fingerprint density at radius 2 is 1.52 bits per heavy atom. The van der Waals surface area contributed by atoms with Crippen LogP contribution in [-0.4, -0.2) is 76.8 Å². The molecule has 0 bridgehead atoms. The van der Waals surface area contributed by atoms with Crippen molar-refractivity contribution in [2.75, 3.05) is 33.9 Å². The van der Waals surface area contributed by atoms with E-state index in [4.69, 9.17) is 4.74 Å². The molecule has 11 nitrogen and oxygen atoms in total. The van der Waals surface area contributed by atoms with Gasteiger partial charge < -0.3 is 35.0 Å². The van der Waals surface area contributed by atoms with E-state index >= 15 is 0 Å². The van der Waals surface area contributed by atoms with Crippen LogP contribution in [0.5, 0.6) is 0 Å². The molecule has 0 saturated carbocycles. The zero-order valence-corrected chi connectivity index (χ0v) is 25.9. The van der Waals surface area contributed by atoms with Gasteiger partial charge in [-0.1, -0.05) is 48.5 Å². The van der Waals surface area contributed by atoms with E-state index in [9.17, 15) is 9.59 Å². The van der Waals surface area contributed by atoms with E-state index in [1.54, 1.807) is 18.2 Å². The van der Waals surface area contributed by atoms with Crippen LogP contribution in [0.25, 0.3) is 44.4 Å². The summed E-state index contributed by atoms with van der Waals surface area (Å²) in [4.78, 5) is 42.3. The van der Waals surface area contributed by atoms with Crippen molar-refractivity contribution in [1.29, 1.82) is 0 Å². The minimum Gasteiger partial charge on any atom is -0.453 e. The molecular formula is C35H37N7O4. The van der Waals surface area contributed by atoms with E-state index in [1.165, 1.54) is 24.3 Å². The number of carbonyl (C=O) groups excluding carboxylic acids is 2. The summed E-state index contributed by atoms with van der Waals surface area (Å²) in [5.41, 5.74) is 6.27. The number of likely N-dealkylation sites (tertiary alicyclic amines) is 1. The molecule has 3 aromatic carbocycles. The van der Waals surface area contributed by atoms with Gasteiger partial charge in [0.15, 0.2) is 0 Å². The lowest BCUT2D eigenvalue weighted by Crippen LogP contribution is -2.40. The first-order valence-electron chi connectivity index (χ1n) is 15.6. The summed E-state index contributed by atoms with van der Waals surface area (Å²) in [6.45, 7) is 1.31. The van der Waals surface area contributed by atoms with Crippen LogP contribution in [0.15, 0.2) is 73.1 Å². The van der Waals surface area contributed by atoms with Gasteiger partial charge in [0.2, 0.25) is 5.91 Å². The van der Waals surface area contributed by atoms with Crippen LogP contribution in [-0.2, 0) is 14.3 Å². The van der Waals surface area contributed by atoms with Gasteiger partial charge in [-0.25, -0.2) is 14.8 Å². The van der Waals surface area contributed by atoms with Crippen molar-refractivity contribution in [3.63, 3.8) is 0 Å². The van der Waals surface area contributed by atoms with Crippen LogP contribution >= 0.6 is 0 Å². The topological polar surface area (TPSA) is 137 Å². The zero-order valence-electron chi connectivity index (χ0n) is 25.9. The first-order valence-corrected chi connectivity index (χ1v) is 15.6. The monoisotopic (exact) mass is 619 g/mol. The Morgan fingerprint density at radius 1 is 0.870 bits per heavy atom. The minimum absolute atomic E-state index is 0.120. The largest absolute Gasteiger partial charge is 0.453 e. The fourth-order valence-corrected chi connectivity index (χ4v) is 6.49. The number of imidazole rings is 2. The predicted octanol–water partition coefficient (Wildman–Crippen LogP) is 5.36. The van der Waals surface area contributed by atoms with Crippen LogP contribution in [0.3, 0.4) is 0 Å². The molecule has 0 unspecified atom stereocenters. The van der Waals surface area contributed by atoms with Crippen LogP contribution < -0.4 is 10.6 Å². The minimum atomic E-state index is -0.648. The highest BCUT2D eigenvalue weighted by atomic mass is 16.5. The van der Waals surface area contributed by atoms with Gasteiger partial charge in [0.25, 0.3) is 0 Å². The number of hydrogen-bond donors (Lipinski definition) is 4. The lowest BCUT2D eigenvalue weighted by atomic mass is 9.98. The van der Waals surface area contributed by atoms with Crippen LogP contribution in [0.1, 0.15) is 43.0 Å². The Kier molecular flexibility index (Phi) is 8.25. The second-order valence-corrected chi connectivity index (χ2v) is 11.9. The van der Waals surface area contributed by atoms with E-state index in [0.29, 0.717) is 24.8 Å². The molecule has 2 fully saturated rings. The number of nitrogens with one attached hydrogen (secondary N) is 4. The molecule has 2 aliphatic heterocycles. The molecule has 236 valence electrons. The van der Waals surface area contributed by atoms with Crippen molar-refractivity contribution in [2.24, 2.45) is 0 Å². The molecule has 0 aliphatic carbocycles. The molecule has 3 atom stereocenters. The average molecular weight is 620 g/mol. The van der Waals surface area contributed by atoms with Gasteiger partial charge in [0.05, 0.1) is 49.1 Å². The number of aromatic nitrogens is 4. The summed E-state index contributed by atoms with van der Waals surface area (Å²) in [6, 6.07) is 21.5. The van der Waals surface area contributed by atoms with Crippen molar-refractivity contribution < 1.29 is 19.1 Å². The molecule has 2 aliphatic rings. The molecular weight excluding hydrogens is 582 g/mol. The molecule has 2 aromatic heterocycles. The molecule has 4 N–H and O–H groups in total. The number of aromatic amines is 2. The van der Waals surface area contributed by atoms with Gasteiger partial charge in [-0.15, -0.1) is 0 Å². The van der Waals surface area contributed by atoms with Gasteiger partial charge in [-0.05, 0) is 59.0 Å². The number of fused-ring (bicyclic) bond motifs is 1. The van der Waals surface area contributed by atoms with Crippen molar-refractivity contribution in [3.8, 4) is 33.6 Å². The Labute approximate surface area is 266 Å². The summed E-state index contributed by atoms with van der Waals surface area (Å²) in [5, 5.41) is 8.31. The molecule has 7 rings (SSSR count). The van der Waals surface area contributed by atoms with Gasteiger partial charge in [-0.3, -0.25) is 4.79 Å². The maximum absolute atomic E-state index is 12.9. The van der Waals surface area contributed by atoms with E-state index in [2.05, 4.69) is 96.0 Å². The third-order valence-electron chi connectivity index (χ3n) is 9.06. The first kappa shape index (κ1) is 29.7. The van der Waals surface area contributed by atoms with Crippen LogP contribution in [0.4, 0.5) is 4.79 Å². The first-order chi connectivity index (χ1) is 22.5. The van der Waals surface area contributed by atoms with Gasteiger partial charge in [0, 0.05) is 25.6 Å². The normalized spacial score (nSPS) is 19.5. The Bertz CT molecular complexity index is 1860. The maximum Gasteiger partial charge on any atom is 0.407 e. The van der Waals surface area contributed by atoms with Crippen molar-refractivity contribution in [1.82, 2.24) is 35.5 Å². The Hall–Kier alpha value is -5.00. The highest BCUT2D eigenvalue weighted by molar-refractivity contribution is 5.90. The van der Waals surface area contributed by atoms with Gasteiger partial charge >= 0.3 is 6.09 Å². The van der Waals surface area contributed by atoms with Crippen molar-refractivity contribution in [3.05, 3.63) is 84.7 Å². The Balaban J connectivity index is 1.05. The lowest BCUT2D eigenvalue weighted by molar-refractivity contribution is -0.131. The standard InChI is InChI=1S/C35H37N7O4/c1-45-27-16-31(42(20-27)32(43)19-39-35(44)46-2)34-38-17-29(41-34)22-7-5-21(6-8-22)23-9-10-25-15-26(12-11-24(25)14-23)30-18-37-33(40-30)28-4-3-13-36-28/h5-12,14-15,17-18,27-28,31,36H,3-4,13,16,19-20H2,1-2H3,(H,37,40)(H,38,41)(H,39,44)/t27-,28-,31-/m0/s1. The fraction of sp³-hybridized carbons (Fsp3) is 0.314. The molecule has 11 heteroatoms. The van der Waals surface area contributed by atoms with E-state index in [1.807, 2.05) is 6.20 Å². The number of rotatable bonds is 8. The third-order valence-corrected chi connectivity index (χ3v) is 9.06. The lowest BCUT2D eigenvalue weighted by Gasteiger charge is -2.23. The van der Waals surface area contributed by atoms with Crippen molar-refractivity contribution >= 4 is 22.8 Å². The number of carbonyl (C=O) groups is 2. The molecule has 0 radical (unpaired) electrons. The number of methoxy groups -OCH3 is 2. The highest BCUT2D eigenvalue weighted by Crippen LogP contribution is 2.34. The maximum atomic E-state index is 12.9. The number of ether oxygens (including phenoxy) is 2. The Morgan fingerprint density at radius 3 is 2.24 bits per heavy atom. The zero-order chi connectivity index (χ0) is 31.6. The van der Waals surface area contributed by atoms with Crippen LogP contribution in [0, 0.1) is 0 Å². The average Bonchev–Trinajstić information content (AvgIpc) is 3.93. The van der Waals surface area contributed by atoms with Crippen LogP contribution in [0.2, 0.25) is 0 Å². The number of amides is 2. The summed E-state index contributed by atoms with van der Waals surface area (Å²) < 4.78 is 10.1. The summed E-state index contributed by atoms with van der Waals surface area (Å²) in [5.74, 6) is 1.47. The van der Waals surface area contributed by atoms with Gasteiger partial charge in [-0.2, -0.15) is 0 Å². The second kappa shape index (κ2) is 12.8. The van der Waals surface area contributed by atoms with E-state index in [0.717, 1.165) is 52.4 Å². The molecule has 2 amide bonds. The predicted molar refractivity (Wildman–Crippen MR) is 175 cm³/mol. The number of nitrogens with zero attached hydrogens (tertiary/aromatic N) is 3. The second-order valence-electron chi connectivity index (χ2n) is 11.9. The fourth-order valence-electron chi connectivity index (χ4n) is 6.49. The molecule has 5 aromatic rings. The quantitative estimate of drug-likeness (QED) is 0.184. The summed E-state index contributed by atoms with van der Waals surface area (Å²) in [7, 11) is 2.90. The molecule has 0 spiro atoms. The number of hydrogen-bond acceptors (Lipinski definition) is 7. The number of alkyl carbamates (subject to hydrolysis) is 1. The number of H-pyrrole nitrogens is 2. The molecule has 2 saturated heterocycles. The third kappa shape index (κ3) is 5.99. The van der Waals surface area contributed by atoms with E-state index < -0.39 is 6.09 Å². The van der Waals surface area contributed by atoms with Crippen molar-refractivity contribution in [2.45, 2.75) is 37.5 Å². The number of benzene rings is 3. The molecule has 4 heterocycles. The molecule has 46 heavy (non-hydrogen) atoms. The highest BCUT2D eigenvalue weighted by Gasteiger charge is 2.38. The summed E-state index contributed by atoms with van der Waals surface area (Å²) in [6.07, 6.45) is 5.87. The van der Waals surface area contributed by atoms with Gasteiger partial charge in [0.1, 0.15) is 18.2 Å². The van der Waals surface area contributed by atoms with E-state index in [-0.39, 0.29) is 24.6 Å². The summed E-state index contributed by atoms with van der Waals surface area (Å²) >= 11 is 0. The SMILES string of the molecule is COC(=O)NCC(=O)N1C[C@@H](OC)C[C@H]1c1ncc(-c2ccc(-c3ccc4cc(-c5cnc([C@@H]6CCCN6)[nH]5)ccc4c3)cc2)[nH]1. The smallest absolute Gasteiger partial charge is 0.407 e.